The maximum Gasteiger partial charge on any atom is 0.359 e. The maximum atomic E-state index is 10.5. The van der Waals surface area contributed by atoms with Crippen LogP contribution in [0.1, 0.15) is 13.8 Å². The first kappa shape index (κ1) is 9.24. The minimum absolute atomic E-state index is 0.150. The zero-order valence-corrected chi connectivity index (χ0v) is 7.07. The van der Waals surface area contributed by atoms with E-state index in [1.54, 1.807) is 0 Å². The fraction of sp³-hybridized carbons (Fsp3) is 0.286. The van der Waals surface area contributed by atoms with Crippen molar-refractivity contribution in [2.75, 3.05) is 0 Å². The second-order valence-corrected chi connectivity index (χ2v) is 2.13. The van der Waals surface area contributed by atoms with Crippen LogP contribution in [0.5, 0.6) is 11.8 Å². The number of oxazole rings is 1. The van der Waals surface area contributed by atoms with E-state index in [1.165, 1.54) is 13.8 Å². The van der Waals surface area contributed by atoms with Crippen LogP contribution in [0.2, 0.25) is 0 Å². The summed E-state index contributed by atoms with van der Waals surface area (Å²) in [5, 5.41) is 0. The second-order valence-electron chi connectivity index (χ2n) is 2.13. The minimum Gasteiger partial charge on any atom is -0.410 e. The number of nitrogens with zero attached hydrogens (tertiary/aromatic N) is 1. The van der Waals surface area contributed by atoms with Crippen molar-refractivity contribution in [3.05, 3.63) is 6.39 Å². The maximum absolute atomic E-state index is 10.5. The topological polar surface area (TPSA) is 78.6 Å². The number of rotatable bonds is 2. The van der Waals surface area contributed by atoms with Gasteiger partial charge in [-0.3, -0.25) is 9.59 Å². The third-order valence-corrected chi connectivity index (χ3v) is 0.981. The average molecular weight is 185 g/mol. The van der Waals surface area contributed by atoms with E-state index >= 15 is 0 Å². The molecule has 0 aliphatic carbocycles. The Labute approximate surface area is 73.5 Å². The average Bonchev–Trinajstić information content (AvgIpc) is 2.34. The van der Waals surface area contributed by atoms with Gasteiger partial charge in [-0.1, -0.05) is 0 Å². The molecule has 0 saturated carbocycles. The summed E-state index contributed by atoms with van der Waals surface area (Å²) in [5.74, 6) is -1.52. The van der Waals surface area contributed by atoms with E-state index in [4.69, 9.17) is 0 Å². The van der Waals surface area contributed by atoms with Crippen molar-refractivity contribution in [3.63, 3.8) is 0 Å². The van der Waals surface area contributed by atoms with Gasteiger partial charge in [0.1, 0.15) is 0 Å². The van der Waals surface area contributed by atoms with Gasteiger partial charge in [-0.2, -0.15) is 4.98 Å². The number of esters is 2. The number of ether oxygens (including phenoxy) is 2. The van der Waals surface area contributed by atoms with Crippen molar-refractivity contribution in [3.8, 4) is 11.8 Å². The largest absolute Gasteiger partial charge is 0.410 e. The van der Waals surface area contributed by atoms with Crippen molar-refractivity contribution in [1.29, 1.82) is 0 Å². The summed E-state index contributed by atoms with van der Waals surface area (Å²) in [7, 11) is 0. The van der Waals surface area contributed by atoms with E-state index in [0.29, 0.717) is 0 Å². The van der Waals surface area contributed by atoms with Crippen LogP contribution in [0.15, 0.2) is 10.8 Å². The molecule has 0 fully saturated rings. The second kappa shape index (κ2) is 3.70. The van der Waals surface area contributed by atoms with Crippen LogP contribution in [-0.2, 0) is 9.59 Å². The molecular formula is C7H7NO5. The van der Waals surface area contributed by atoms with Gasteiger partial charge >= 0.3 is 23.8 Å². The first-order chi connectivity index (χ1) is 6.09. The van der Waals surface area contributed by atoms with E-state index in [1.807, 2.05) is 0 Å². The molecule has 13 heavy (non-hydrogen) atoms. The Hall–Kier alpha value is -1.85. The lowest BCUT2D eigenvalue weighted by Crippen LogP contribution is -2.06. The van der Waals surface area contributed by atoms with Gasteiger partial charge < -0.3 is 13.9 Å². The summed E-state index contributed by atoms with van der Waals surface area (Å²) in [6, 6.07) is 0. The third-order valence-electron chi connectivity index (χ3n) is 0.981. The number of hydrogen-bond donors (Lipinski definition) is 0. The van der Waals surface area contributed by atoms with Crippen LogP contribution in [0.25, 0.3) is 0 Å². The summed E-state index contributed by atoms with van der Waals surface area (Å²) in [6.07, 6.45) is 1.01. The highest BCUT2D eigenvalue weighted by molar-refractivity contribution is 5.71. The molecule has 0 atom stereocenters. The van der Waals surface area contributed by atoms with Gasteiger partial charge in [0.15, 0.2) is 6.39 Å². The van der Waals surface area contributed by atoms with E-state index in [-0.39, 0.29) is 11.8 Å². The van der Waals surface area contributed by atoms with Gasteiger partial charge in [-0.15, -0.1) is 0 Å². The molecule has 6 heteroatoms. The molecule has 0 unspecified atom stereocenters. The highest BCUT2D eigenvalue weighted by Crippen LogP contribution is 2.24. The summed E-state index contributed by atoms with van der Waals surface area (Å²) >= 11 is 0. The highest BCUT2D eigenvalue weighted by Gasteiger charge is 2.14. The first-order valence-electron chi connectivity index (χ1n) is 3.40. The molecule has 0 spiro atoms. The van der Waals surface area contributed by atoms with E-state index in [0.717, 1.165) is 6.39 Å². The molecule has 0 aliphatic rings. The molecule has 1 aromatic heterocycles. The van der Waals surface area contributed by atoms with Gasteiger partial charge in [0.25, 0.3) is 0 Å². The minimum atomic E-state index is -0.579. The smallest absolute Gasteiger partial charge is 0.359 e. The molecule has 0 bridgehead atoms. The zero-order chi connectivity index (χ0) is 9.84. The fourth-order valence-corrected chi connectivity index (χ4v) is 0.628. The molecule has 0 radical (unpaired) electrons. The van der Waals surface area contributed by atoms with Crippen LogP contribution in [-0.4, -0.2) is 16.9 Å². The molecule has 0 N–H and O–H groups in total. The van der Waals surface area contributed by atoms with Gasteiger partial charge in [-0.05, 0) is 0 Å². The van der Waals surface area contributed by atoms with E-state index in [9.17, 15) is 9.59 Å². The summed E-state index contributed by atoms with van der Waals surface area (Å²) < 4.78 is 13.8. The van der Waals surface area contributed by atoms with E-state index < -0.39 is 11.9 Å². The molecule has 70 valence electrons. The zero-order valence-electron chi connectivity index (χ0n) is 7.07. The van der Waals surface area contributed by atoms with Crippen LogP contribution in [0, 0.1) is 0 Å². The summed E-state index contributed by atoms with van der Waals surface area (Å²) in [4.78, 5) is 24.5. The van der Waals surface area contributed by atoms with E-state index in [2.05, 4.69) is 18.9 Å². The highest BCUT2D eigenvalue weighted by atomic mass is 16.6. The number of carbonyl (C=O) groups is 2. The third kappa shape index (κ3) is 2.58. The molecule has 0 aliphatic heterocycles. The molecule has 0 saturated heterocycles. The lowest BCUT2D eigenvalue weighted by Gasteiger charge is -1.98. The monoisotopic (exact) mass is 185 g/mol. The molecule has 1 rings (SSSR count). The number of carbonyl (C=O) groups excluding carboxylic acids is 2. The standard InChI is InChI=1S/C7H7NO5/c1-4(9)12-6-7(11-3-8-6)13-5(2)10/h3H,1-2H3. The Morgan fingerprint density at radius 1 is 1.31 bits per heavy atom. The fourth-order valence-electron chi connectivity index (χ4n) is 0.628. The SMILES string of the molecule is CC(=O)Oc1ncoc1OC(C)=O. The van der Waals surface area contributed by atoms with Crippen molar-refractivity contribution < 1.29 is 23.5 Å². The van der Waals surface area contributed by atoms with Crippen LogP contribution >= 0.6 is 0 Å². The van der Waals surface area contributed by atoms with Crippen LogP contribution < -0.4 is 9.47 Å². The Bertz CT molecular complexity index is 299. The summed E-state index contributed by atoms with van der Waals surface area (Å²) in [5.41, 5.74) is 0. The molecule has 0 aromatic carbocycles. The van der Waals surface area contributed by atoms with Crippen molar-refractivity contribution in [2.45, 2.75) is 13.8 Å². The first-order valence-corrected chi connectivity index (χ1v) is 3.40. The normalized spacial score (nSPS) is 9.38. The van der Waals surface area contributed by atoms with Crippen LogP contribution in [0.4, 0.5) is 0 Å². The molecule has 6 nitrogen and oxygen atoms in total. The van der Waals surface area contributed by atoms with Gasteiger partial charge in [-0.25, -0.2) is 0 Å². The number of aromatic nitrogens is 1. The van der Waals surface area contributed by atoms with Gasteiger partial charge in [0.05, 0.1) is 0 Å². The molecular weight excluding hydrogens is 178 g/mol. The predicted molar refractivity (Wildman–Crippen MR) is 39.1 cm³/mol. The Balaban J connectivity index is 2.76. The van der Waals surface area contributed by atoms with Crippen molar-refractivity contribution >= 4 is 11.9 Å². The lowest BCUT2D eigenvalue weighted by atomic mass is 10.7. The number of hydrogen-bond acceptors (Lipinski definition) is 6. The van der Waals surface area contributed by atoms with Crippen molar-refractivity contribution in [1.82, 2.24) is 4.98 Å². The molecule has 1 aromatic rings. The Kier molecular flexibility index (Phi) is 2.63. The summed E-state index contributed by atoms with van der Waals surface area (Å²) in [6.45, 7) is 2.40. The Morgan fingerprint density at radius 3 is 2.46 bits per heavy atom. The molecule has 0 amide bonds. The predicted octanol–water partition coefficient (Wildman–Crippen LogP) is 0.525. The Morgan fingerprint density at radius 2 is 1.92 bits per heavy atom. The van der Waals surface area contributed by atoms with Crippen molar-refractivity contribution in [2.24, 2.45) is 0 Å². The molecule has 1 heterocycles. The van der Waals surface area contributed by atoms with Crippen LogP contribution in [0.3, 0.4) is 0 Å². The van der Waals surface area contributed by atoms with Gasteiger partial charge in [0.2, 0.25) is 0 Å². The van der Waals surface area contributed by atoms with Gasteiger partial charge in [0, 0.05) is 13.8 Å². The lowest BCUT2D eigenvalue weighted by molar-refractivity contribution is -0.135. The quantitative estimate of drug-likeness (QED) is 0.625.